The number of imidazole rings is 1. The highest BCUT2D eigenvalue weighted by Crippen LogP contribution is 2.18. The molecular formula is C18H19N7O. The molecule has 2 aromatic heterocycles. The van der Waals surface area contributed by atoms with Crippen molar-refractivity contribution in [3.05, 3.63) is 58.1 Å². The number of aromatic nitrogens is 4. The molecule has 1 aromatic carbocycles. The Hall–Kier alpha value is -3.18. The van der Waals surface area contributed by atoms with E-state index in [1.807, 2.05) is 23.1 Å². The molecule has 8 heteroatoms. The van der Waals surface area contributed by atoms with Gasteiger partial charge in [0.05, 0.1) is 18.2 Å². The fourth-order valence-corrected chi connectivity index (χ4v) is 3.40. The summed E-state index contributed by atoms with van der Waals surface area (Å²) in [7, 11) is 0. The zero-order valence-electron chi connectivity index (χ0n) is 14.2. The van der Waals surface area contributed by atoms with Gasteiger partial charge in [-0.25, -0.2) is 9.50 Å². The van der Waals surface area contributed by atoms with Gasteiger partial charge in [0.15, 0.2) is 0 Å². The van der Waals surface area contributed by atoms with Gasteiger partial charge in [0, 0.05) is 31.5 Å². The molecule has 0 saturated carbocycles. The zero-order valence-corrected chi connectivity index (χ0v) is 14.2. The Balaban J connectivity index is 1.86. The van der Waals surface area contributed by atoms with Crippen molar-refractivity contribution in [2.45, 2.75) is 25.4 Å². The summed E-state index contributed by atoms with van der Waals surface area (Å²) < 4.78 is 3.10. The molecule has 0 aliphatic carbocycles. The number of hydrogen-bond acceptors (Lipinski definition) is 6. The van der Waals surface area contributed by atoms with Crippen LogP contribution < -0.4 is 16.2 Å². The van der Waals surface area contributed by atoms with E-state index < -0.39 is 0 Å². The van der Waals surface area contributed by atoms with Crippen LogP contribution >= 0.6 is 0 Å². The fourth-order valence-electron chi connectivity index (χ4n) is 3.40. The van der Waals surface area contributed by atoms with Crippen LogP contribution in [0.15, 0.2) is 41.5 Å². The average molecular weight is 349 g/mol. The van der Waals surface area contributed by atoms with E-state index in [0.717, 1.165) is 24.9 Å². The lowest BCUT2D eigenvalue weighted by atomic mass is 10.1. The lowest BCUT2D eigenvalue weighted by molar-refractivity contribution is 0.487. The third kappa shape index (κ3) is 2.82. The molecular weight excluding hydrogens is 330 g/mol. The number of nitrogens with zero attached hydrogens (tertiary/aromatic N) is 6. The van der Waals surface area contributed by atoms with Crippen LogP contribution in [0.3, 0.4) is 0 Å². The molecule has 1 aliphatic heterocycles. The largest absolute Gasteiger partial charge is 0.339 e. The van der Waals surface area contributed by atoms with E-state index in [1.54, 1.807) is 23.0 Å². The molecule has 2 N–H and O–H groups in total. The molecule has 0 amide bonds. The number of fused-ring (bicyclic) bond motifs is 1. The van der Waals surface area contributed by atoms with Gasteiger partial charge < -0.3 is 10.6 Å². The van der Waals surface area contributed by atoms with Crippen molar-refractivity contribution in [1.29, 1.82) is 5.26 Å². The van der Waals surface area contributed by atoms with Crippen LogP contribution in [0.25, 0.3) is 5.65 Å². The van der Waals surface area contributed by atoms with Gasteiger partial charge in [0.25, 0.3) is 5.56 Å². The topological polar surface area (TPSA) is 105 Å². The summed E-state index contributed by atoms with van der Waals surface area (Å²) in [6, 6.07) is 9.51. The first-order valence-corrected chi connectivity index (χ1v) is 8.60. The van der Waals surface area contributed by atoms with Crippen molar-refractivity contribution >= 4 is 11.6 Å². The van der Waals surface area contributed by atoms with Crippen molar-refractivity contribution < 1.29 is 0 Å². The van der Waals surface area contributed by atoms with Crippen molar-refractivity contribution in [2.24, 2.45) is 5.73 Å². The maximum atomic E-state index is 13.0. The first kappa shape index (κ1) is 16.3. The van der Waals surface area contributed by atoms with Gasteiger partial charge in [-0.2, -0.15) is 5.26 Å². The molecule has 1 atom stereocenters. The van der Waals surface area contributed by atoms with Gasteiger partial charge in [0.2, 0.25) is 11.6 Å². The van der Waals surface area contributed by atoms with E-state index in [9.17, 15) is 10.1 Å². The summed E-state index contributed by atoms with van der Waals surface area (Å²) >= 11 is 0. The molecule has 1 saturated heterocycles. The lowest BCUT2D eigenvalue weighted by Crippen LogP contribution is -2.46. The minimum Gasteiger partial charge on any atom is -0.339 e. The first-order chi connectivity index (χ1) is 12.7. The maximum absolute atomic E-state index is 13.0. The summed E-state index contributed by atoms with van der Waals surface area (Å²) in [6.07, 6.45) is 5.14. The summed E-state index contributed by atoms with van der Waals surface area (Å²) in [5.41, 5.74) is 7.48. The van der Waals surface area contributed by atoms with Crippen molar-refractivity contribution in [2.75, 3.05) is 18.0 Å². The highest BCUT2D eigenvalue weighted by atomic mass is 16.1. The van der Waals surface area contributed by atoms with Crippen molar-refractivity contribution in [3.63, 3.8) is 0 Å². The molecule has 0 spiro atoms. The Morgan fingerprint density at radius 1 is 1.35 bits per heavy atom. The Morgan fingerprint density at radius 3 is 3.00 bits per heavy atom. The maximum Gasteiger partial charge on any atom is 0.298 e. The van der Waals surface area contributed by atoms with E-state index >= 15 is 0 Å². The fraction of sp³-hybridized carbons (Fsp3) is 0.333. The summed E-state index contributed by atoms with van der Waals surface area (Å²) in [4.78, 5) is 19.2. The zero-order chi connectivity index (χ0) is 18.1. The Kier molecular flexibility index (Phi) is 4.14. The van der Waals surface area contributed by atoms with Gasteiger partial charge in [-0.3, -0.25) is 9.36 Å². The molecule has 26 heavy (non-hydrogen) atoms. The third-order valence-electron chi connectivity index (χ3n) is 4.70. The molecule has 1 fully saturated rings. The molecule has 3 aromatic rings. The summed E-state index contributed by atoms with van der Waals surface area (Å²) in [6.45, 7) is 1.70. The SMILES string of the molecule is N#Cc1ccccc1Cn1c(N2CCCC(N)C2)nn2ccnc2c1=O. The standard InChI is InChI=1S/C18H19N7O/c19-10-13-4-1-2-5-14(13)11-24-17(26)16-21-7-9-25(16)22-18(24)23-8-3-6-15(20)12-23/h1-2,4-5,7,9,15H,3,6,8,11-12,20H2. The van der Waals surface area contributed by atoms with E-state index in [4.69, 9.17) is 5.73 Å². The van der Waals surface area contributed by atoms with Crippen molar-refractivity contribution in [3.8, 4) is 6.07 Å². The van der Waals surface area contributed by atoms with Gasteiger partial charge in [-0.15, -0.1) is 5.10 Å². The quantitative estimate of drug-likeness (QED) is 0.748. The van der Waals surface area contributed by atoms with Crippen LogP contribution in [0.4, 0.5) is 5.95 Å². The van der Waals surface area contributed by atoms with Crippen LogP contribution in [0, 0.1) is 11.3 Å². The van der Waals surface area contributed by atoms with Crippen LogP contribution in [-0.4, -0.2) is 38.3 Å². The second-order valence-electron chi connectivity index (χ2n) is 6.50. The highest BCUT2D eigenvalue weighted by Gasteiger charge is 2.23. The average Bonchev–Trinajstić information content (AvgIpc) is 3.13. The molecule has 0 bridgehead atoms. The minimum atomic E-state index is -0.230. The molecule has 1 aliphatic rings. The van der Waals surface area contributed by atoms with E-state index in [2.05, 4.69) is 16.2 Å². The number of piperidine rings is 1. The first-order valence-electron chi connectivity index (χ1n) is 8.60. The molecule has 4 rings (SSSR count). The van der Waals surface area contributed by atoms with Gasteiger partial charge in [-0.05, 0) is 24.5 Å². The predicted octanol–water partition coefficient (Wildman–Crippen LogP) is 0.738. The number of rotatable bonds is 3. The lowest BCUT2D eigenvalue weighted by Gasteiger charge is -2.32. The highest BCUT2D eigenvalue weighted by molar-refractivity contribution is 5.43. The third-order valence-corrected chi connectivity index (χ3v) is 4.70. The Bertz CT molecular complexity index is 1050. The van der Waals surface area contributed by atoms with Crippen LogP contribution in [0.1, 0.15) is 24.0 Å². The number of anilines is 1. The normalized spacial score (nSPS) is 17.4. The van der Waals surface area contributed by atoms with E-state index in [0.29, 0.717) is 18.1 Å². The number of benzene rings is 1. The van der Waals surface area contributed by atoms with Gasteiger partial charge in [0.1, 0.15) is 0 Å². The second kappa shape index (κ2) is 6.61. The smallest absolute Gasteiger partial charge is 0.298 e. The summed E-state index contributed by atoms with van der Waals surface area (Å²) in [5, 5.41) is 14.0. The Morgan fingerprint density at radius 2 is 2.19 bits per heavy atom. The number of nitriles is 1. The van der Waals surface area contributed by atoms with Crippen LogP contribution in [-0.2, 0) is 6.54 Å². The van der Waals surface area contributed by atoms with Gasteiger partial charge >= 0.3 is 0 Å². The molecule has 3 heterocycles. The summed E-state index contributed by atoms with van der Waals surface area (Å²) in [5.74, 6) is 0.559. The van der Waals surface area contributed by atoms with Crippen LogP contribution in [0.5, 0.6) is 0 Å². The monoisotopic (exact) mass is 349 g/mol. The molecule has 0 radical (unpaired) electrons. The molecule has 132 valence electrons. The van der Waals surface area contributed by atoms with Crippen LogP contribution in [0.2, 0.25) is 0 Å². The predicted molar refractivity (Wildman–Crippen MR) is 96.9 cm³/mol. The van der Waals surface area contributed by atoms with Gasteiger partial charge in [-0.1, -0.05) is 18.2 Å². The second-order valence-corrected chi connectivity index (χ2v) is 6.50. The number of hydrogen-bond donors (Lipinski definition) is 1. The van der Waals surface area contributed by atoms with Crippen molar-refractivity contribution in [1.82, 2.24) is 19.2 Å². The number of nitrogens with two attached hydrogens (primary N) is 1. The minimum absolute atomic E-state index is 0.0546. The molecule has 8 nitrogen and oxygen atoms in total. The van der Waals surface area contributed by atoms with E-state index in [1.165, 1.54) is 4.52 Å². The Labute approximate surface area is 150 Å². The molecule has 1 unspecified atom stereocenters. The van der Waals surface area contributed by atoms with E-state index in [-0.39, 0.29) is 23.8 Å².